The van der Waals surface area contributed by atoms with Crippen molar-refractivity contribution in [2.75, 3.05) is 26.3 Å². The third-order valence-electron chi connectivity index (χ3n) is 6.02. The van der Waals surface area contributed by atoms with Crippen LogP contribution < -0.4 is 9.47 Å². The van der Waals surface area contributed by atoms with Gasteiger partial charge in [-0.1, -0.05) is 6.07 Å². The predicted molar refractivity (Wildman–Crippen MR) is 119 cm³/mol. The highest BCUT2D eigenvalue weighted by atomic mass is 32.1. The lowest BCUT2D eigenvalue weighted by Gasteiger charge is -2.32. The maximum Gasteiger partial charge on any atom is 0.256 e. The van der Waals surface area contributed by atoms with E-state index in [-0.39, 0.29) is 30.3 Å². The van der Waals surface area contributed by atoms with E-state index in [1.165, 1.54) is 12.1 Å². The van der Waals surface area contributed by atoms with Gasteiger partial charge in [-0.3, -0.25) is 9.59 Å². The molecule has 3 aromatic rings. The van der Waals surface area contributed by atoms with E-state index >= 15 is 0 Å². The van der Waals surface area contributed by atoms with Gasteiger partial charge in [-0.05, 0) is 43.9 Å². The van der Waals surface area contributed by atoms with Gasteiger partial charge in [0.15, 0.2) is 5.78 Å². The van der Waals surface area contributed by atoms with Crippen molar-refractivity contribution < 1.29 is 23.5 Å². The molecule has 32 heavy (non-hydrogen) atoms. The molecule has 6 nitrogen and oxygen atoms in total. The quantitative estimate of drug-likeness (QED) is 0.592. The number of para-hydroxylation sites is 1. The number of ether oxygens (including phenoxy) is 2. The number of thiazole rings is 1. The van der Waals surface area contributed by atoms with Gasteiger partial charge in [-0.15, -0.1) is 11.3 Å². The molecule has 3 heterocycles. The van der Waals surface area contributed by atoms with Gasteiger partial charge in [0, 0.05) is 31.1 Å². The second-order valence-electron chi connectivity index (χ2n) is 8.33. The van der Waals surface area contributed by atoms with Crippen LogP contribution in [-0.4, -0.2) is 47.9 Å². The van der Waals surface area contributed by atoms with Crippen LogP contribution in [0.25, 0.3) is 10.2 Å². The first kappa shape index (κ1) is 20.9. The van der Waals surface area contributed by atoms with Crippen molar-refractivity contribution in [2.45, 2.75) is 26.2 Å². The average molecular weight is 455 g/mol. The molecule has 1 saturated heterocycles. The molecule has 0 atom stereocenters. The van der Waals surface area contributed by atoms with Crippen LogP contribution in [0.2, 0.25) is 0 Å². The molecule has 2 aliphatic rings. The topological polar surface area (TPSA) is 68.7 Å². The van der Waals surface area contributed by atoms with Crippen molar-refractivity contribution in [1.29, 1.82) is 0 Å². The lowest BCUT2D eigenvalue weighted by atomic mass is 9.96. The summed E-state index contributed by atoms with van der Waals surface area (Å²) >= 11 is 1.65. The molecular formula is C24H23FN2O4S. The van der Waals surface area contributed by atoms with Crippen LogP contribution in [0.4, 0.5) is 4.39 Å². The molecule has 2 aromatic carbocycles. The van der Waals surface area contributed by atoms with E-state index in [4.69, 9.17) is 9.47 Å². The van der Waals surface area contributed by atoms with Crippen molar-refractivity contribution in [2.24, 2.45) is 5.92 Å². The zero-order chi connectivity index (χ0) is 22.2. The number of benzene rings is 2. The van der Waals surface area contributed by atoms with Crippen LogP contribution in [0.3, 0.4) is 0 Å². The smallest absolute Gasteiger partial charge is 0.256 e. The van der Waals surface area contributed by atoms with E-state index < -0.39 is 5.82 Å². The zero-order valence-electron chi connectivity index (χ0n) is 17.7. The summed E-state index contributed by atoms with van der Waals surface area (Å²) in [5, 5.41) is 1.01. The van der Waals surface area contributed by atoms with Gasteiger partial charge in [0.25, 0.3) is 5.91 Å². The summed E-state index contributed by atoms with van der Waals surface area (Å²) in [7, 11) is 0. The lowest BCUT2D eigenvalue weighted by molar-refractivity contribution is -0.121. The molecule has 2 aliphatic heterocycles. The van der Waals surface area contributed by atoms with Crippen molar-refractivity contribution in [1.82, 2.24) is 9.88 Å². The fourth-order valence-electron chi connectivity index (χ4n) is 4.29. The van der Waals surface area contributed by atoms with E-state index in [9.17, 15) is 14.0 Å². The van der Waals surface area contributed by atoms with Crippen LogP contribution in [-0.2, 0) is 11.2 Å². The molecule has 5 rings (SSSR count). The maximum absolute atomic E-state index is 14.6. The summed E-state index contributed by atoms with van der Waals surface area (Å²) < 4.78 is 27.0. The van der Waals surface area contributed by atoms with Crippen LogP contribution in [0.5, 0.6) is 11.5 Å². The molecular weight excluding hydrogens is 431 g/mol. The Hall–Kier alpha value is -3.00. The van der Waals surface area contributed by atoms with Crippen LogP contribution in [0.15, 0.2) is 30.3 Å². The minimum Gasteiger partial charge on any atom is -0.491 e. The van der Waals surface area contributed by atoms with Crippen LogP contribution in [0, 0.1) is 18.7 Å². The summed E-state index contributed by atoms with van der Waals surface area (Å²) in [4.78, 5) is 30.8. The molecule has 1 aromatic heterocycles. The van der Waals surface area contributed by atoms with Gasteiger partial charge in [0.05, 0.1) is 21.9 Å². The Labute approximate surface area is 189 Å². The number of rotatable bonds is 4. The molecule has 8 heteroatoms. The van der Waals surface area contributed by atoms with Gasteiger partial charge in [0.1, 0.15) is 29.4 Å². The number of amides is 1. The Morgan fingerprint density at radius 2 is 2.12 bits per heavy atom. The van der Waals surface area contributed by atoms with Crippen molar-refractivity contribution >= 4 is 33.2 Å². The third kappa shape index (κ3) is 4.07. The van der Waals surface area contributed by atoms with Gasteiger partial charge in [0.2, 0.25) is 0 Å². The number of nitrogens with zero attached hydrogens (tertiary/aromatic N) is 2. The molecule has 0 radical (unpaired) electrons. The van der Waals surface area contributed by atoms with E-state index in [2.05, 4.69) is 4.98 Å². The van der Waals surface area contributed by atoms with Gasteiger partial charge in [-0.25, -0.2) is 9.37 Å². The molecule has 0 N–H and O–H groups in total. The number of piperidine rings is 1. The van der Waals surface area contributed by atoms with Crippen molar-refractivity contribution in [3.8, 4) is 11.5 Å². The number of aryl methyl sites for hydroxylation is 1. The van der Waals surface area contributed by atoms with Gasteiger partial charge >= 0.3 is 0 Å². The first-order valence-electron chi connectivity index (χ1n) is 10.7. The highest BCUT2D eigenvalue weighted by Crippen LogP contribution is 2.31. The number of Topliss-reactive ketones (excluding diaryl/α,β-unsaturated/α-hetero) is 1. The Kier molecular flexibility index (Phi) is 5.55. The minimum atomic E-state index is -0.611. The molecule has 0 saturated carbocycles. The highest BCUT2D eigenvalue weighted by Gasteiger charge is 2.28. The summed E-state index contributed by atoms with van der Waals surface area (Å²) in [6.45, 7) is 3.57. The summed E-state index contributed by atoms with van der Waals surface area (Å²) in [5.74, 6) is 0.420. The minimum absolute atomic E-state index is 0.00216. The second-order valence-corrected chi connectivity index (χ2v) is 9.56. The highest BCUT2D eigenvalue weighted by molar-refractivity contribution is 7.18. The third-order valence-corrected chi connectivity index (χ3v) is 6.96. The molecule has 1 amide bonds. The normalized spacial score (nSPS) is 16.7. The number of aromatic nitrogens is 1. The van der Waals surface area contributed by atoms with E-state index in [0.29, 0.717) is 36.9 Å². The van der Waals surface area contributed by atoms with E-state index in [1.54, 1.807) is 16.2 Å². The number of halogens is 1. The van der Waals surface area contributed by atoms with E-state index in [0.717, 1.165) is 33.8 Å². The molecule has 0 aliphatic carbocycles. The fourth-order valence-corrected chi connectivity index (χ4v) is 5.13. The Balaban J connectivity index is 1.21. The van der Waals surface area contributed by atoms with Crippen molar-refractivity contribution in [3.05, 3.63) is 52.3 Å². The first-order valence-corrected chi connectivity index (χ1v) is 11.5. The molecule has 0 unspecified atom stereocenters. The number of hydrogen-bond donors (Lipinski definition) is 0. The fraction of sp³-hybridized carbons (Fsp3) is 0.375. The number of fused-ring (bicyclic) bond motifs is 2. The van der Waals surface area contributed by atoms with Crippen molar-refractivity contribution in [3.63, 3.8) is 0 Å². The maximum atomic E-state index is 14.6. The first-order chi connectivity index (χ1) is 15.5. The molecule has 1 fully saturated rings. The number of likely N-dealkylation sites (tertiary alicyclic amines) is 1. The summed E-state index contributed by atoms with van der Waals surface area (Å²) in [6, 6.07) is 8.64. The number of carbonyl (C=O) groups excluding carboxylic acids is 2. The van der Waals surface area contributed by atoms with E-state index in [1.807, 2.05) is 25.1 Å². The van der Waals surface area contributed by atoms with Gasteiger partial charge < -0.3 is 14.4 Å². The Morgan fingerprint density at radius 1 is 1.31 bits per heavy atom. The second kappa shape index (κ2) is 8.50. The number of carbonyl (C=O) groups is 2. The van der Waals surface area contributed by atoms with Gasteiger partial charge in [-0.2, -0.15) is 0 Å². The summed E-state index contributed by atoms with van der Waals surface area (Å²) in [6.07, 6.45) is 1.73. The SMILES string of the molecule is Cc1nc2c(OCC3CCN(C(=O)c4cc5c(cc4F)OCC(=O)C5)CC3)cccc2s1. The summed E-state index contributed by atoms with van der Waals surface area (Å²) in [5.41, 5.74) is 1.47. The Bertz CT molecular complexity index is 1200. The standard InChI is InChI=1S/C24H23FN2O4S/c1-14-26-23-20(3-2-4-22(23)32-14)30-12-15-5-7-27(8-6-15)24(29)18-10-16-9-17(28)13-31-21(16)11-19(18)25/h2-4,10-11,15H,5-9,12-13H2,1H3. The average Bonchev–Trinajstić information content (AvgIpc) is 3.18. The predicted octanol–water partition coefficient (Wildman–Crippen LogP) is 4.18. The Morgan fingerprint density at radius 3 is 2.94 bits per heavy atom. The lowest BCUT2D eigenvalue weighted by Crippen LogP contribution is -2.40. The molecule has 0 spiro atoms. The van der Waals surface area contributed by atoms with Crippen LogP contribution >= 0.6 is 11.3 Å². The number of hydrogen-bond acceptors (Lipinski definition) is 6. The zero-order valence-corrected chi connectivity index (χ0v) is 18.5. The molecule has 166 valence electrons. The monoisotopic (exact) mass is 454 g/mol. The number of ketones is 1. The largest absolute Gasteiger partial charge is 0.491 e. The molecule has 0 bridgehead atoms. The van der Waals surface area contributed by atoms with Crippen LogP contribution in [0.1, 0.15) is 33.8 Å².